The summed E-state index contributed by atoms with van der Waals surface area (Å²) in [4.78, 5) is 20.2. The van der Waals surface area contributed by atoms with E-state index in [1.165, 1.54) is 18.4 Å². The quantitative estimate of drug-likeness (QED) is 0.590. The highest BCUT2D eigenvalue weighted by Gasteiger charge is 2.27. The monoisotopic (exact) mass is 417 g/mol. The largest absolute Gasteiger partial charge is 0.350 e. The molecule has 1 aromatic carbocycles. The van der Waals surface area contributed by atoms with Gasteiger partial charge in [-0.25, -0.2) is 4.98 Å². The van der Waals surface area contributed by atoms with Gasteiger partial charge in [0.15, 0.2) is 0 Å². The lowest BCUT2D eigenvalue weighted by Gasteiger charge is -2.18. The van der Waals surface area contributed by atoms with E-state index in [4.69, 9.17) is 10.7 Å². The number of nitrogens with zero attached hydrogens (tertiary/aromatic N) is 3. The number of likely N-dealkylation sites (tertiary alicyclic amines) is 1. The Morgan fingerprint density at radius 1 is 1.13 bits per heavy atom. The molecule has 2 aromatic heterocycles. The molecule has 6 heteroatoms. The van der Waals surface area contributed by atoms with Gasteiger partial charge in [-0.15, -0.1) is 0 Å². The molecular weight excluding hydrogens is 386 g/mol. The van der Waals surface area contributed by atoms with Crippen LogP contribution in [0.5, 0.6) is 0 Å². The van der Waals surface area contributed by atoms with Crippen molar-refractivity contribution in [1.82, 2.24) is 19.6 Å². The molecule has 1 aliphatic carbocycles. The van der Waals surface area contributed by atoms with Crippen LogP contribution in [0.15, 0.2) is 54.7 Å². The van der Waals surface area contributed by atoms with Crippen LogP contribution in [0.1, 0.15) is 53.3 Å². The maximum atomic E-state index is 13.1. The molecule has 0 radical (unpaired) electrons. The predicted molar refractivity (Wildman–Crippen MR) is 122 cm³/mol. The number of amides is 1. The van der Waals surface area contributed by atoms with Gasteiger partial charge >= 0.3 is 0 Å². The molecule has 1 unspecified atom stereocenters. The molecule has 31 heavy (non-hydrogen) atoms. The Labute approximate surface area is 183 Å². The van der Waals surface area contributed by atoms with Crippen molar-refractivity contribution in [2.75, 3.05) is 19.6 Å². The van der Waals surface area contributed by atoms with Crippen molar-refractivity contribution in [2.24, 2.45) is 11.7 Å². The van der Waals surface area contributed by atoms with Gasteiger partial charge in [-0.2, -0.15) is 0 Å². The summed E-state index contributed by atoms with van der Waals surface area (Å²) in [6.07, 6.45) is 6.80. The SMILES string of the molecule is N[C@@H]1CCN(Cc2cn3c(C(=O)NCC(CC4CC4)c4ccccc4)cccc3n2)C1. The third-order valence-corrected chi connectivity index (χ3v) is 6.56. The fourth-order valence-corrected chi connectivity index (χ4v) is 4.68. The minimum absolute atomic E-state index is 0.0468. The highest BCUT2D eigenvalue weighted by molar-refractivity contribution is 5.93. The van der Waals surface area contributed by atoms with Crippen molar-refractivity contribution in [2.45, 2.75) is 44.2 Å². The molecule has 3 heterocycles. The van der Waals surface area contributed by atoms with E-state index in [0.717, 1.165) is 49.7 Å². The summed E-state index contributed by atoms with van der Waals surface area (Å²) >= 11 is 0. The number of benzene rings is 1. The molecule has 3 aromatic rings. The summed E-state index contributed by atoms with van der Waals surface area (Å²) < 4.78 is 1.92. The van der Waals surface area contributed by atoms with E-state index < -0.39 is 0 Å². The lowest BCUT2D eigenvalue weighted by atomic mass is 9.93. The Morgan fingerprint density at radius 2 is 1.97 bits per heavy atom. The second kappa shape index (κ2) is 8.81. The van der Waals surface area contributed by atoms with Crippen molar-refractivity contribution in [3.63, 3.8) is 0 Å². The zero-order valence-electron chi connectivity index (χ0n) is 17.9. The second-order valence-corrected chi connectivity index (χ2v) is 9.15. The molecule has 6 nitrogen and oxygen atoms in total. The fourth-order valence-electron chi connectivity index (χ4n) is 4.68. The minimum Gasteiger partial charge on any atom is -0.350 e. The second-order valence-electron chi connectivity index (χ2n) is 9.15. The Hall–Kier alpha value is -2.70. The number of imidazole rings is 1. The van der Waals surface area contributed by atoms with E-state index in [9.17, 15) is 4.79 Å². The molecule has 1 aliphatic heterocycles. The first-order valence-electron chi connectivity index (χ1n) is 11.4. The van der Waals surface area contributed by atoms with Crippen LogP contribution in [-0.4, -0.2) is 45.9 Å². The lowest BCUT2D eigenvalue weighted by Crippen LogP contribution is -2.30. The summed E-state index contributed by atoms with van der Waals surface area (Å²) in [5, 5.41) is 3.20. The van der Waals surface area contributed by atoms with E-state index in [2.05, 4.69) is 34.5 Å². The summed E-state index contributed by atoms with van der Waals surface area (Å²) in [6.45, 7) is 3.34. The molecule has 2 atom stereocenters. The fraction of sp³-hybridized carbons (Fsp3) is 0.440. The highest BCUT2D eigenvalue weighted by atomic mass is 16.1. The van der Waals surface area contributed by atoms with E-state index in [0.29, 0.717) is 18.2 Å². The van der Waals surface area contributed by atoms with Crippen molar-refractivity contribution in [1.29, 1.82) is 0 Å². The molecule has 0 bridgehead atoms. The molecular formula is C25H31N5O. The van der Waals surface area contributed by atoms with Crippen LogP contribution >= 0.6 is 0 Å². The molecule has 2 fully saturated rings. The average molecular weight is 418 g/mol. The van der Waals surface area contributed by atoms with Gasteiger partial charge in [-0.05, 0) is 36.5 Å². The molecule has 1 amide bonds. The molecule has 2 aliphatic rings. The summed E-state index contributed by atoms with van der Waals surface area (Å²) in [6, 6.07) is 16.5. The number of nitrogens with two attached hydrogens (primary N) is 1. The van der Waals surface area contributed by atoms with Crippen LogP contribution in [0, 0.1) is 5.92 Å². The number of aromatic nitrogens is 2. The van der Waals surface area contributed by atoms with Crippen LogP contribution in [0.2, 0.25) is 0 Å². The maximum absolute atomic E-state index is 13.1. The van der Waals surface area contributed by atoms with E-state index >= 15 is 0 Å². The van der Waals surface area contributed by atoms with Crippen molar-refractivity contribution >= 4 is 11.6 Å². The topological polar surface area (TPSA) is 75.7 Å². The number of hydrogen-bond donors (Lipinski definition) is 2. The van der Waals surface area contributed by atoms with Gasteiger partial charge in [0.2, 0.25) is 0 Å². The summed E-state index contributed by atoms with van der Waals surface area (Å²) in [7, 11) is 0. The number of carbonyl (C=O) groups excluding carboxylic acids is 1. The summed E-state index contributed by atoms with van der Waals surface area (Å²) in [5.41, 5.74) is 9.76. The number of nitrogens with one attached hydrogen (secondary N) is 1. The zero-order valence-corrected chi connectivity index (χ0v) is 17.9. The first-order chi connectivity index (χ1) is 15.2. The molecule has 162 valence electrons. The Morgan fingerprint density at radius 3 is 2.71 bits per heavy atom. The number of hydrogen-bond acceptors (Lipinski definition) is 4. The molecule has 0 spiro atoms. The smallest absolute Gasteiger partial charge is 0.268 e. The van der Waals surface area contributed by atoms with Crippen LogP contribution in [0.4, 0.5) is 0 Å². The van der Waals surface area contributed by atoms with Crippen LogP contribution in [0.3, 0.4) is 0 Å². The normalized spacial score (nSPS) is 20.2. The van der Waals surface area contributed by atoms with Crippen LogP contribution in [0.25, 0.3) is 5.65 Å². The molecule has 1 saturated heterocycles. The van der Waals surface area contributed by atoms with E-state index in [-0.39, 0.29) is 11.9 Å². The average Bonchev–Trinajstić information content (AvgIpc) is 3.37. The minimum atomic E-state index is -0.0468. The summed E-state index contributed by atoms with van der Waals surface area (Å²) in [5.74, 6) is 1.12. The van der Waals surface area contributed by atoms with Crippen LogP contribution < -0.4 is 11.1 Å². The predicted octanol–water partition coefficient (Wildman–Crippen LogP) is 3.18. The number of carbonyl (C=O) groups is 1. The van der Waals surface area contributed by atoms with E-state index in [1.807, 2.05) is 34.9 Å². The van der Waals surface area contributed by atoms with Crippen molar-refractivity contribution < 1.29 is 4.79 Å². The molecule has 5 rings (SSSR count). The Kier molecular flexibility index (Phi) is 5.74. The van der Waals surface area contributed by atoms with Gasteiger partial charge in [0.1, 0.15) is 11.3 Å². The Balaban J connectivity index is 1.29. The number of fused-ring (bicyclic) bond motifs is 1. The standard InChI is InChI=1S/C25H31N5O/c26-21-11-12-29(15-21)16-22-17-30-23(7-4-8-24(30)28-22)25(31)27-14-20(13-18-9-10-18)19-5-2-1-3-6-19/h1-8,17-18,20-21H,9-16,26H2,(H,27,31)/t20?,21-/m1/s1. The van der Waals surface area contributed by atoms with Gasteiger partial charge in [-0.1, -0.05) is 49.2 Å². The van der Waals surface area contributed by atoms with Gasteiger partial charge in [0, 0.05) is 44.3 Å². The third kappa shape index (κ3) is 4.81. The first kappa shape index (κ1) is 20.2. The van der Waals surface area contributed by atoms with Gasteiger partial charge in [0.25, 0.3) is 5.91 Å². The Bertz CT molecular complexity index is 1040. The van der Waals surface area contributed by atoms with Crippen LogP contribution in [-0.2, 0) is 6.54 Å². The first-order valence-corrected chi connectivity index (χ1v) is 11.4. The van der Waals surface area contributed by atoms with Gasteiger partial charge in [0.05, 0.1) is 5.69 Å². The zero-order chi connectivity index (χ0) is 21.2. The van der Waals surface area contributed by atoms with E-state index in [1.54, 1.807) is 0 Å². The number of pyridine rings is 1. The van der Waals surface area contributed by atoms with Gasteiger partial charge < -0.3 is 11.1 Å². The van der Waals surface area contributed by atoms with Crippen molar-refractivity contribution in [3.05, 3.63) is 71.7 Å². The lowest BCUT2D eigenvalue weighted by molar-refractivity contribution is 0.0944. The maximum Gasteiger partial charge on any atom is 0.268 e. The number of rotatable bonds is 8. The molecule has 3 N–H and O–H groups in total. The van der Waals surface area contributed by atoms with Gasteiger partial charge in [-0.3, -0.25) is 14.1 Å². The van der Waals surface area contributed by atoms with Crippen molar-refractivity contribution in [3.8, 4) is 0 Å². The highest BCUT2D eigenvalue weighted by Crippen LogP contribution is 2.38. The third-order valence-electron chi connectivity index (χ3n) is 6.56. The molecule has 1 saturated carbocycles.